The lowest BCUT2D eigenvalue weighted by molar-refractivity contribution is -0.125. The van der Waals surface area contributed by atoms with Gasteiger partial charge in [0.1, 0.15) is 10.8 Å². The second-order valence-corrected chi connectivity index (χ2v) is 7.99. The first-order valence-electron chi connectivity index (χ1n) is 9.75. The van der Waals surface area contributed by atoms with Crippen LogP contribution >= 0.6 is 11.3 Å². The van der Waals surface area contributed by atoms with E-state index < -0.39 is 5.97 Å². The first-order chi connectivity index (χ1) is 14.6. The molecule has 0 saturated heterocycles. The topological polar surface area (TPSA) is 77.5 Å². The van der Waals surface area contributed by atoms with E-state index in [9.17, 15) is 9.59 Å². The Hall–Kier alpha value is -3.19. The van der Waals surface area contributed by atoms with Gasteiger partial charge in [0.2, 0.25) is 0 Å². The molecule has 0 spiro atoms. The van der Waals surface area contributed by atoms with Crippen molar-refractivity contribution in [1.29, 1.82) is 0 Å². The molecule has 1 fully saturated rings. The number of rotatable bonds is 8. The predicted molar refractivity (Wildman–Crippen MR) is 114 cm³/mol. The number of methoxy groups -OCH3 is 1. The second kappa shape index (κ2) is 9.09. The Morgan fingerprint density at radius 3 is 2.53 bits per heavy atom. The number of ether oxygens (including phenoxy) is 2. The summed E-state index contributed by atoms with van der Waals surface area (Å²) in [7, 11) is 1.62. The van der Waals surface area contributed by atoms with E-state index in [-0.39, 0.29) is 24.2 Å². The zero-order valence-corrected chi connectivity index (χ0v) is 17.4. The molecule has 1 heterocycles. The van der Waals surface area contributed by atoms with Crippen molar-refractivity contribution in [3.63, 3.8) is 0 Å². The minimum atomic E-state index is -0.601. The summed E-state index contributed by atoms with van der Waals surface area (Å²) in [5, 5.41) is 5.38. The molecule has 1 aliphatic rings. The quantitative estimate of drug-likeness (QED) is 0.550. The van der Waals surface area contributed by atoms with Gasteiger partial charge in [0.25, 0.3) is 5.91 Å². The van der Waals surface area contributed by atoms with Crippen LogP contribution < -0.4 is 10.1 Å². The Kier molecular flexibility index (Phi) is 6.09. The van der Waals surface area contributed by atoms with Crippen molar-refractivity contribution < 1.29 is 19.1 Å². The van der Waals surface area contributed by atoms with E-state index in [0.717, 1.165) is 34.7 Å². The van der Waals surface area contributed by atoms with Gasteiger partial charge >= 0.3 is 5.97 Å². The summed E-state index contributed by atoms with van der Waals surface area (Å²) in [6.45, 7) is -0.337. The lowest BCUT2D eigenvalue weighted by Gasteiger charge is -2.19. The van der Waals surface area contributed by atoms with E-state index in [1.807, 2.05) is 54.6 Å². The second-order valence-electron chi connectivity index (χ2n) is 7.14. The van der Waals surface area contributed by atoms with Crippen molar-refractivity contribution in [3.05, 3.63) is 71.2 Å². The lowest BCUT2D eigenvalue weighted by atomic mass is 10.0. The third kappa shape index (κ3) is 4.86. The molecule has 0 bridgehead atoms. The highest BCUT2D eigenvalue weighted by Crippen LogP contribution is 2.41. The van der Waals surface area contributed by atoms with Crippen LogP contribution in [0.1, 0.15) is 34.9 Å². The van der Waals surface area contributed by atoms with Crippen molar-refractivity contribution in [2.45, 2.75) is 18.9 Å². The zero-order chi connectivity index (χ0) is 20.9. The minimum absolute atomic E-state index is 0.0916. The van der Waals surface area contributed by atoms with Crippen LogP contribution in [0.4, 0.5) is 0 Å². The van der Waals surface area contributed by atoms with E-state index in [0.29, 0.717) is 5.92 Å². The molecular weight excluding hydrogens is 400 g/mol. The molecule has 0 aliphatic heterocycles. The van der Waals surface area contributed by atoms with Gasteiger partial charge in [0.15, 0.2) is 12.3 Å². The van der Waals surface area contributed by atoms with Crippen LogP contribution in [0.25, 0.3) is 10.6 Å². The van der Waals surface area contributed by atoms with Crippen molar-refractivity contribution in [2.24, 2.45) is 5.92 Å². The van der Waals surface area contributed by atoms with Crippen molar-refractivity contribution in [2.75, 3.05) is 13.7 Å². The number of hydrogen-bond donors (Lipinski definition) is 1. The fourth-order valence-corrected chi connectivity index (χ4v) is 4.01. The van der Waals surface area contributed by atoms with Gasteiger partial charge in [-0.2, -0.15) is 0 Å². The SMILES string of the molecule is COc1ccc(C(NC(=O)COC(=O)c2csc(-c3ccccc3)n2)C2CC2)cc1. The smallest absolute Gasteiger partial charge is 0.358 e. The van der Waals surface area contributed by atoms with Crippen molar-refractivity contribution in [3.8, 4) is 16.3 Å². The average molecular weight is 423 g/mol. The van der Waals surface area contributed by atoms with Crippen LogP contribution in [0, 0.1) is 5.92 Å². The van der Waals surface area contributed by atoms with Gasteiger partial charge in [-0.25, -0.2) is 9.78 Å². The van der Waals surface area contributed by atoms with E-state index in [1.54, 1.807) is 12.5 Å². The number of nitrogens with one attached hydrogen (secondary N) is 1. The van der Waals surface area contributed by atoms with Crippen LogP contribution in [-0.4, -0.2) is 30.6 Å². The molecule has 30 heavy (non-hydrogen) atoms. The third-order valence-electron chi connectivity index (χ3n) is 4.95. The highest BCUT2D eigenvalue weighted by molar-refractivity contribution is 7.13. The van der Waals surface area contributed by atoms with E-state index in [2.05, 4.69) is 10.3 Å². The lowest BCUT2D eigenvalue weighted by Crippen LogP contribution is -2.33. The van der Waals surface area contributed by atoms with E-state index in [4.69, 9.17) is 9.47 Å². The summed E-state index contributed by atoms with van der Waals surface area (Å²) in [6.07, 6.45) is 2.13. The molecule has 2 aromatic carbocycles. The fourth-order valence-electron chi connectivity index (χ4n) is 3.22. The summed E-state index contributed by atoms with van der Waals surface area (Å²) < 4.78 is 10.4. The van der Waals surface area contributed by atoms with E-state index in [1.165, 1.54) is 11.3 Å². The molecule has 1 aromatic heterocycles. The average Bonchev–Trinajstić information content (AvgIpc) is 3.51. The van der Waals surface area contributed by atoms with Crippen LogP contribution in [0.15, 0.2) is 60.0 Å². The van der Waals surface area contributed by atoms with Gasteiger partial charge < -0.3 is 14.8 Å². The van der Waals surface area contributed by atoms with Crippen LogP contribution in [0.5, 0.6) is 5.75 Å². The van der Waals surface area contributed by atoms with Crippen LogP contribution in [0.2, 0.25) is 0 Å². The number of amides is 1. The molecule has 4 rings (SSSR count). The molecule has 1 aliphatic carbocycles. The van der Waals surface area contributed by atoms with Crippen molar-refractivity contribution in [1.82, 2.24) is 10.3 Å². The molecule has 3 aromatic rings. The third-order valence-corrected chi connectivity index (χ3v) is 5.84. The molecule has 154 valence electrons. The summed E-state index contributed by atoms with van der Waals surface area (Å²) >= 11 is 1.37. The van der Waals surface area contributed by atoms with E-state index >= 15 is 0 Å². The highest BCUT2D eigenvalue weighted by Gasteiger charge is 2.33. The minimum Gasteiger partial charge on any atom is -0.497 e. The number of carbonyl (C=O) groups excluding carboxylic acids is 2. The first kappa shape index (κ1) is 20.1. The Labute approximate surface area is 178 Å². The monoisotopic (exact) mass is 422 g/mol. The standard InChI is InChI=1S/C23H22N2O4S/c1-28-18-11-9-16(10-12-18)21(15-7-8-15)25-20(26)13-29-23(27)19-14-30-22(24-19)17-5-3-2-4-6-17/h2-6,9-12,14-15,21H,7-8,13H2,1H3,(H,25,26). The van der Waals surface area contributed by atoms with Gasteiger partial charge in [-0.15, -0.1) is 11.3 Å². The van der Waals surface area contributed by atoms with Crippen molar-refractivity contribution >= 4 is 23.2 Å². The number of aromatic nitrogens is 1. The zero-order valence-electron chi connectivity index (χ0n) is 16.5. The van der Waals surface area contributed by atoms with Gasteiger partial charge in [-0.3, -0.25) is 4.79 Å². The maximum Gasteiger partial charge on any atom is 0.358 e. The Morgan fingerprint density at radius 2 is 1.87 bits per heavy atom. The van der Waals surface area contributed by atoms with Gasteiger partial charge in [-0.1, -0.05) is 42.5 Å². The Balaban J connectivity index is 1.33. The number of carbonyl (C=O) groups is 2. The number of benzene rings is 2. The molecule has 1 N–H and O–H groups in total. The maximum absolute atomic E-state index is 12.4. The molecule has 0 radical (unpaired) electrons. The normalized spacial score (nSPS) is 14.0. The summed E-state index contributed by atoms with van der Waals surface area (Å²) in [6, 6.07) is 17.2. The molecule has 7 heteroatoms. The number of esters is 1. The molecular formula is C23H22N2O4S. The Bertz CT molecular complexity index is 1010. The molecule has 1 amide bonds. The number of hydrogen-bond acceptors (Lipinski definition) is 6. The number of nitrogens with zero attached hydrogens (tertiary/aromatic N) is 1. The van der Waals surface area contributed by atoms with Crippen LogP contribution in [-0.2, 0) is 9.53 Å². The molecule has 6 nitrogen and oxygen atoms in total. The first-order valence-corrected chi connectivity index (χ1v) is 10.6. The van der Waals surface area contributed by atoms with Crippen LogP contribution in [0.3, 0.4) is 0 Å². The summed E-state index contributed by atoms with van der Waals surface area (Å²) in [5.74, 6) is 0.252. The van der Waals surface area contributed by atoms with Gasteiger partial charge in [0, 0.05) is 10.9 Å². The fraction of sp³-hybridized carbons (Fsp3) is 0.261. The molecule has 1 unspecified atom stereocenters. The largest absolute Gasteiger partial charge is 0.497 e. The maximum atomic E-state index is 12.4. The number of thiazole rings is 1. The van der Waals surface area contributed by atoms with Gasteiger partial charge in [0.05, 0.1) is 13.2 Å². The summed E-state index contributed by atoms with van der Waals surface area (Å²) in [4.78, 5) is 29.0. The molecule has 1 saturated carbocycles. The highest BCUT2D eigenvalue weighted by atomic mass is 32.1. The molecule has 1 atom stereocenters. The predicted octanol–water partition coefficient (Wildman–Crippen LogP) is 4.24. The Morgan fingerprint density at radius 1 is 1.13 bits per heavy atom. The van der Waals surface area contributed by atoms with Gasteiger partial charge in [-0.05, 0) is 36.5 Å². The summed E-state index contributed by atoms with van der Waals surface area (Å²) in [5.41, 5.74) is 2.16.